The molecular formula is C13H18O. The first-order chi connectivity index (χ1) is 6.83. The lowest BCUT2D eigenvalue weighted by Crippen LogP contribution is -1.90. The third kappa shape index (κ3) is 4.24. The van der Waals surface area contributed by atoms with E-state index in [-0.39, 0.29) is 6.61 Å². The van der Waals surface area contributed by atoms with Crippen molar-refractivity contribution in [2.75, 3.05) is 6.61 Å². The number of rotatable bonds is 6. The molecule has 0 unspecified atom stereocenters. The van der Waals surface area contributed by atoms with E-state index in [1.807, 2.05) is 6.07 Å². The van der Waals surface area contributed by atoms with Crippen molar-refractivity contribution in [3.63, 3.8) is 0 Å². The predicted octanol–water partition coefficient (Wildman–Crippen LogP) is 2.95. The van der Waals surface area contributed by atoms with Crippen LogP contribution in [0.15, 0.2) is 42.5 Å². The first-order valence-corrected chi connectivity index (χ1v) is 5.14. The molecule has 0 spiro atoms. The smallest absolute Gasteiger partial charge is 0.0434 e. The third-order valence-electron chi connectivity index (χ3n) is 2.30. The van der Waals surface area contributed by atoms with Crippen LogP contribution in [0.4, 0.5) is 0 Å². The summed E-state index contributed by atoms with van der Waals surface area (Å²) < 4.78 is 0. The lowest BCUT2D eigenvalue weighted by atomic mass is 10.0. The maximum atomic E-state index is 8.66. The molecule has 14 heavy (non-hydrogen) atoms. The minimum Gasteiger partial charge on any atom is -0.396 e. The van der Waals surface area contributed by atoms with Crippen molar-refractivity contribution in [1.29, 1.82) is 0 Å². The van der Waals surface area contributed by atoms with E-state index in [9.17, 15) is 0 Å². The third-order valence-corrected chi connectivity index (χ3v) is 2.30. The summed E-state index contributed by atoms with van der Waals surface area (Å²) in [6, 6.07) is 10.4. The van der Waals surface area contributed by atoms with Gasteiger partial charge in [0.05, 0.1) is 0 Å². The summed E-state index contributed by atoms with van der Waals surface area (Å²) in [6.07, 6.45) is 3.88. The van der Waals surface area contributed by atoms with Crippen LogP contribution in [-0.2, 0) is 6.42 Å². The zero-order valence-corrected chi connectivity index (χ0v) is 8.58. The molecule has 1 heteroatoms. The lowest BCUT2D eigenvalue weighted by Gasteiger charge is -2.04. The molecule has 0 atom stereocenters. The number of aryl methyl sites for hydroxylation is 1. The first-order valence-electron chi connectivity index (χ1n) is 5.14. The van der Waals surface area contributed by atoms with Gasteiger partial charge in [-0.3, -0.25) is 0 Å². The van der Waals surface area contributed by atoms with Crippen molar-refractivity contribution in [3.05, 3.63) is 48.0 Å². The van der Waals surface area contributed by atoms with Crippen LogP contribution >= 0.6 is 0 Å². The van der Waals surface area contributed by atoms with Crippen LogP contribution in [0.5, 0.6) is 0 Å². The predicted molar refractivity (Wildman–Crippen MR) is 60.2 cm³/mol. The number of hydrogen-bond donors (Lipinski definition) is 1. The van der Waals surface area contributed by atoms with Crippen LogP contribution < -0.4 is 0 Å². The molecule has 0 aliphatic carbocycles. The molecule has 1 rings (SSSR count). The molecule has 0 saturated carbocycles. The van der Waals surface area contributed by atoms with Crippen molar-refractivity contribution < 1.29 is 5.11 Å². The van der Waals surface area contributed by atoms with E-state index < -0.39 is 0 Å². The van der Waals surface area contributed by atoms with E-state index in [1.54, 1.807) is 0 Å². The average Bonchev–Trinajstić information content (AvgIpc) is 2.25. The molecule has 0 bridgehead atoms. The van der Waals surface area contributed by atoms with Gasteiger partial charge in [-0.15, -0.1) is 0 Å². The van der Waals surface area contributed by atoms with Gasteiger partial charge in [0.25, 0.3) is 0 Å². The minimum absolute atomic E-state index is 0.268. The van der Waals surface area contributed by atoms with Crippen molar-refractivity contribution in [2.45, 2.75) is 25.7 Å². The zero-order chi connectivity index (χ0) is 10.2. The van der Waals surface area contributed by atoms with Gasteiger partial charge >= 0.3 is 0 Å². The van der Waals surface area contributed by atoms with Gasteiger partial charge in [-0.2, -0.15) is 0 Å². The summed E-state index contributed by atoms with van der Waals surface area (Å²) in [7, 11) is 0. The second-order valence-electron chi connectivity index (χ2n) is 3.56. The maximum Gasteiger partial charge on any atom is 0.0434 e. The molecular weight excluding hydrogens is 172 g/mol. The van der Waals surface area contributed by atoms with Crippen LogP contribution in [0.3, 0.4) is 0 Å². The average molecular weight is 190 g/mol. The fourth-order valence-electron chi connectivity index (χ4n) is 1.42. The molecule has 1 aromatic carbocycles. The van der Waals surface area contributed by atoms with Gasteiger partial charge < -0.3 is 5.11 Å². The Morgan fingerprint density at radius 1 is 1.14 bits per heavy atom. The van der Waals surface area contributed by atoms with E-state index >= 15 is 0 Å². The Bertz CT molecular complexity index is 264. The second-order valence-corrected chi connectivity index (χ2v) is 3.56. The highest BCUT2D eigenvalue weighted by Crippen LogP contribution is 2.11. The molecule has 0 fully saturated rings. The standard InChI is InChI=1S/C13H18O/c1-12(6-5-11-14)9-10-13-7-3-2-4-8-13/h2-4,7-8,14H,1,5-6,9-11H2. The molecule has 0 aromatic heterocycles. The van der Waals surface area contributed by atoms with E-state index in [4.69, 9.17) is 5.11 Å². The largest absolute Gasteiger partial charge is 0.396 e. The molecule has 0 amide bonds. The van der Waals surface area contributed by atoms with Gasteiger partial charge in [-0.25, -0.2) is 0 Å². The van der Waals surface area contributed by atoms with Crippen molar-refractivity contribution in [3.8, 4) is 0 Å². The number of benzene rings is 1. The molecule has 1 nitrogen and oxygen atoms in total. The van der Waals surface area contributed by atoms with Gasteiger partial charge in [-0.05, 0) is 31.2 Å². The molecule has 0 aliphatic heterocycles. The Morgan fingerprint density at radius 2 is 1.86 bits per heavy atom. The van der Waals surface area contributed by atoms with Crippen LogP contribution in [0, 0.1) is 0 Å². The first kappa shape index (κ1) is 11.0. The van der Waals surface area contributed by atoms with Gasteiger partial charge in [0.1, 0.15) is 0 Å². The summed E-state index contributed by atoms with van der Waals surface area (Å²) in [5.74, 6) is 0. The molecule has 1 aromatic rings. The van der Waals surface area contributed by atoms with Crippen molar-refractivity contribution in [1.82, 2.24) is 0 Å². The topological polar surface area (TPSA) is 20.2 Å². The van der Waals surface area contributed by atoms with Crippen LogP contribution in [0.2, 0.25) is 0 Å². The maximum absolute atomic E-state index is 8.66. The van der Waals surface area contributed by atoms with E-state index in [1.165, 1.54) is 11.1 Å². The second kappa shape index (κ2) is 6.39. The fraction of sp³-hybridized carbons (Fsp3) is 0.385. The Hall–Kier alpha value is -1.08. The van der Waals surface area contributed by atoms with E-state index in [0.29, 0.717) is 0 Å². The highest BCUT2D eigenvalue weighted by molar-refractivity contribution is 5.16. The molecule has 0 aliphatic rings. The lowest BCUT2D eigenvalue weighted by molar-refractivity contribution is 0.288. The van der Waals surface area contributed by atoms with Crippen molar-refractivity contribution in [2.24, 2.45) is 0 Å². The summed E-state index contributed by atoms with van der Waals surface area (Å²) in [5, 5.41) is 8.66. The molecule has 76 valence electrons. The molecule has 0 heterocycles. The number of hydrogen-bond acceptors (Lipinski definition) is 1. The number of allylic oxidation sites excluding steroid dienone is 1. The summed E-state index contributed by atoms with van der Waals surface area (Å²) in [4.78, 5) is 0. The highest BCUT2D eigenvalue weighted by atomic mass is 16.2. The number of aliphatic hydroxyl groups excluding tert-OH is 1. The van der Waals surface area contributed by atoms with Gasteiger partial charge in [0, 0.05) is 6.61 Å². The number of aliphatic hydroxyl groups is 1. The summed E-state index contributed by atoms with van der Waals surface area (Å²) in [6.45, 7) is 4.26. The Labute approximate surface area is 86.1 Å². The van der Waals surface area contributed by atoms with Crippen LogP contribution in [0.25, 0.3) is 0 Å². The zero-order valence-electron chi connectivity index (χ0n) is 8.58. The van der Waals surface area contributed by atoms with E-state index in [2.05, 4.69) is 30.8 Å². The van der Waals surface area contributed by atoms with E-state index in [0.717, 1.165) is 25.7 Å². The van der Waals surface area contributed by atoms with Crippen LogP contribution in [0.1, 0.15) is 24.8 Å². The minimum atomic E-state index is 0.268. The molecule has 0 saturated heterocycles. The highest BCUT2D eigenvalue weighted by Gasteiger charge is 1.96. The van der Waals surface area contributed by atoms with Gasteiger partial charge in [0.2, 0.25) is 0 Å². The fourth-order valence-corrected chi connectivity index (χ4v) is 1.42. The Balaban J connectivity index is 2.24. The summed E-state index contributed by atoms with van der Waals surface area (Å²) >= 11 is 0. The monoisotopic (exact) mass is 190 g/mol. The van der Waals surface area contributed by atoms with Gasteiger partial charge in [-0.1, -0.05) is 42.5 Å². The Morgan fingerprint density at radius 3 is 2.50 bits per heavy atom. The molecule has 1 N–H and O–H groups in total. The van der Waals surface area contributed by atoms with Crippen molar-refractivity contribution >= 4 is 0 Å². The SMILES string of the molecule is C=C(CCCO)CCc1ccccc1. The van der Waals surface area contributed by atoms with Gasteiger partial charge in [0.15, 0.2) is 0 Å². The molecule has 0 radical (unpaired) electrons. The summed E-state index contributed by atoms with van der Waals surface area (Å²) in [5.41, 5.74) is 2.60. The van der Waals surface area contributed by atoms with Crippen LogP contribution in [-0.4, -0.2) is 11.7 Å². The normalized spacial score (nSPS) is 10.1. The quantitative estimate of drug-likeness (QED) is 0.684. The Kier molecular flexibility index (Phi) is 5.02.